The van der Waals surface area contributed by atoms with Crippen LogP contribution in [-0.2, 0) is 26.0 Å². The molecule has 4 aliphatic rings. The molecule has 2 fully saturated rings. The molecule has 3 aliphatic carbocycles. The maximum atomic E-state index is 12.0. The van der Waals surface area contributed by atoms with Crippen molar-refractivity contribution in [2.75, 3.05) is 6.61 Å². The molecule has 0 amide bonds. The van der Waals surface area contributed by atoms with E-state index in [1.54, 1.807) is 6.92 Å². The lowest BCUT2D eigenvalue weighted by atomic mass is 9.50. The molecule has 0 aromatic carbocycles. The molecule has 1 saturated heterocycles. The van der Waals surface area contributed by atoms with E-state index < -0.39 is 37.2 Å². The Hall–Kier alpha value is -1.16. The van der Waals surface area contributed by atoms with Crippen molar-refractivity contribution >= 4 is 19.4 Å². The van der Waals surface area contributed by atoms with Crippen molar-refractivity contribution in [3.05, 3.63) is 34.1 Å². The molecule has 1 saturated carbocycles. The van der Waals surface area contributed by atoms with Crippen LogP contribution in [0.4, 0.5) is 0 Å². The second-order valence-corrected chi connectivity index (χ2v) is 11.6. The average Bonchev–Trinajstić information content (AvgIpc) is 3.03. The average molecular weight is 457 g/mol. The summed E-state index contributed by atoms with van der Waals surface area (Å²) in [6.45, 7) is 5.73. The topological polar surface area (TPSA) is 126 Å². The van der Waals surface area contributed by atoms with Gasteiger partial charge in [0, 0.05) is 18.5 Å². The highest BCUT2D eigenvalue weighted by Gasteiger charge is 2.54. The summed E-state index contributed by atoms with van der Waals surface area (Å²) in [4.78, 5) is 25.9. The molecule has 166 valence electrons. The molecule has 2 heterocycles. The van der Waals surface area contributed by atoms with E-state index in [0.717, 1.165) is 12.8 Å². The first-order valence-corrected chi connectivity index (χ1v) is 12.5. The minimum absolute atomic E-state index is 0.116. The first kappa shape index (κ1) is 22.0. The lowest BCUT2D eigenvalue weighted by molar-refractivity contribution is -0.276. The van der Waals surface area contributed by atoms with Crippen LogP contribution in [0.3, 0.4) is 0 Å². The molecule has 2 bridgehead atoms. The summed E-state index contributed by atoms with van der Waals surface area (Å²) < 4.78 is 18.1. The first-order valence-electron chi connectivity index (χ1n) is 9.95. The third kappa shape index (κ3) is 4.01. The van der Waals surface area contributed by atoms with Crippen molar-refractivity contribution in [1.82, 2.24) is 9.55 Å². The fourth-order valence-electron chi connectivity index (χ4n) is 4.52. The van der Waals surface area contributed by atoms with Gasteiger partial charge in [-0.15, -0.1) is 0 Å². The van der Waals surface area contributed by atoms with Crippen molar-refractivity contribution in [2.24, 2.45) is 17.3 Å². The van der Waals surface area contributed by atoms with Crippen LogP contribution in [-0.4, -0.2) is 38.4 Å². The lowest BCUT2D eigenvalue weighted by Crippen LogP contribution is -2.48. The Morgan fingerprint density at radius 2 is 2.20 bits per heavy atom. The van der Waals surface area contributed by atoms with Crippen LogP contribution in [0, 0.1) is 24.2 Å². The predicted molar refractivity (Wildman–Crippen MR) is 109 cm³/mol. The van der Waals surface area contributed by atoms with Gasteiger partial charge in [0.05, 0.1) is 6.10 Å². The van der Waals surface area contributed by atoms with E-state index in [0.29, 0.717) is 17.2 Å². The van der Waals surface area contributed by atoms with Crippen LogP contribution in [0.25, 0.3) is 0 Å². The van der Waals surface area contributed by atoms with E-state index in [1.165, 1.54) is 10.8 Å². The van der Waals surface area contributed by atoms with Crippen molar-refractivity contribution < 1.29 is 28.9 Å². The molecule has 1 unspecified atom stereocenters. The summed E-state index contributed by atoms with van der Waals surface area (Å²) in [6.07, 6.45) is 2.82. The van der Waals surface area contributed by atoms with Gasteiger partial charge >= 0.3 is 12.8 Å². The normalized spacial score (nSPS) is 34.1. The van der Waals surface area contributed by atoms with Gasteiger partial charge < -0.3 is 31.7 Å². The summed E-state index contributed by atoms with van der Waals surface area (Å²) in [6, 6.07) is 0. The lowest BCUT2D eigenvalue weighted by Gasteiger charge is -2.55. The van der Waals surface area contributed by atoms with Crippen LogP contribution in [0.15, 0.2) is 22.8 Å². The van der Waals surface area contributed by atoms with E-state index in [1.807, 2.05) is 6.08 Å². The summed E-state index contributed by atoms with van der Waals surface area (Å²) in [7, 11) is -3.57. The smallest absolute Gasteiger partial charge is 0.349 e. The minimum atomic E-state index is -3.57. The number of ether oxygens (including phenoxy) is 1. The van der Waals surface area contributed by atoms with Crippen LogP contribution < -0.4 is 10.8 Å². The molecule has 2 N–H and O–H groups in total. The molecular weight excluding hydrogens is 431 g/mol. The number of aromatic nitrogens is 2. The second-order valence-electron chi connectivity index (χ2n) is 8.86. The summed E-state index contributed by atoms with van der Waals surface area (Å²) in [5.41, 5.74) is -0.324. The number of aliphatic hydroxyl groups excluding tert-OH is 1. The zero-order chi connectivity index (χ0) is 21.8. The van der Waals surface area contributed by atoms with Crippen LogP contribution in [0.1, 0.15) is 44.9 Å². The Labute approximate surface area is 180 Å². The molecule has 1 aliphatic heterocycles. The van der Waals surface area contributed by atoms with E-state index in [2.05, 4.69) is 18.8 Å². The largest absolute Gasteiger partial charge is 0.858 e. The van der Waals surface area contributed by atoms with Gasteiger partial charge in [-0.3, -0.25) is 4.57 Å². The first-order chi connectivity index (χ1) is 14.0. The Bertz CT molecular complexity index is 919. The summed E-state index contributed by atoms with van der Waals surface area (Å²) in [5.74, 6) is 0.942. The molecule has 0 spiro atoms. The third-order valence-corrected chi connectivity index (χ3v) is 8.10. The molecule has 11 heteroatoms. The van der Waals surface area contributed by atoms with Crippen molar-refractivity contribution in [3.63, 3.8) is 0 Å². The molecule has 5 rings (SSSR count). The molecule has 1 aromatic rings. The van der Waals surface area contributed by atoms with Gasteiger partial charge in [0.1, 0.15) is 18.9 Å². The standard InChI is InChI=1S/C19H27N2O7PS/c1-10-8-21(18(24)20-17(10)23)16-7-13(22)15(27-16)9-26-29(25,30)28-14-5-4-11-6-12(14)19(11,2)3/h5,8,11-13,15-16,22H,4,6-7,9H2,1-3H3,(H,25,30)(H,20,23,24)/p-1/t11-,12-,13+,15-,16-,29?/m1/s1. The number of aliphatic hydroxyl groups is 1. The van der Waals surface area contributed by atoms with Gasteiger partial charge in [-0.05, 0) is 48.6 Å². The van der Waals surface area contributed by atoms with Crippen molar-refractivity contribution in [1.29, 1.82) is 0 Å². The quantitative estimate of drug-likeness (QED) is 0.482. The number of allylic oxidation sites excluding steroid dienone is 2. The summed E-state index contributed by atoms with van der Waals surface area (Å²) in [5, 5.41) is 21.8. The Morgan fingerprint density at radius 3 is 2.87 bits per heavy atom. The number of hydrogen-bond donors (Lipinski definition) is 2. The van der Waals surface area contributed by atoms with Gasteiger partial charge in [0.15, 0.2) is 5.76 Å². The van der Waals surface area contributed by atoms with E-state index in [9.17, 15) is 19.9 Å². The van der Waals surface area contributed by atoms with Gasteiger partial charge in [0.2, 0.25) is 0 Å². The van der Waals surface area contributed by atoms with Gasteiger partial charge in [-0.25, -0.2) is 14.7 Å². The highest BCUT2D eigenvalue weighted by atomic mass is 32.7. The maximum absolute atomic E-state index is 12.0. The molecule has 1 aromatic heterocycles. The van der Waals surface area contributed by atoms with Gasteiger partial charge in [0.25, 0.3) is 0 Å². The van der Waals surface area contributed by atoms with E-state index in [-0.39, 0.29) is 24.4 Å². The van der Waals surface area contributed by atoms with Crippen LogP contribution >= 0.6 is 7.15 Å². The summed E-state index contributed by atoms with van der Waals surface area (Å²) >= 11 is 5.16. The SMILES string of the molecule is Cc1cn([C@H]2C[C@H](O)[C@@H](CO[P+](O)([S-])OC3=CC[C@@H]4C[C@H]3C4(C)C)O2)c(=O)nc1[O-]. The van der Waals surface area contributed by atoms with Crippen molar-refractivity contribution in [3.8, 4) is 5.88 Å². The molecule has 6 atom stereocenters. The zero-order valence-corrected chi connectivity index (χ0v) is 18.8. The fraction of sp³-hybridized carbons (Fsp3) is 0.684. The Kier molecular flexibility index (Phi) is 5.70. The second kappa shape index (κ2) is 7.76. The van der Waals surface area contributed by atoms with Gasteiger partial charge in [-0.2, -0.15) is 4.52 Å². The Morgan fingerprint density at radius 1 is 1.47 bits per heavy atom. The monoisotopic (exact) mass is 457 g/mol. The maximum Gasteiger partial charge on any atom is 0.349 e. The zero-order valence-electron chi connectivity index (χ0n) is 17.1. The van der Waals surface area contributed by atoms with Gasteiger partial charge in [-0.1, -0.05) is 13.8 Å². The number of fused-ring (bicyclic) bond motifs is 1. The predicted octanol–water partition coefficient (Wildman–Crippen LogP) is 1.47. The number of rotatable bonds is 6. The van der Waals surface area contributed by atoms with Crippen LogP contribution in [0.5, 0.6) is 5.88 Å². The highest BCUT2D eigenvalue weighted by Crippen LogP contribution is 2.65. The number of hydrogen-bond acceptors (Lipinski definition) is 9. The van der Waals surface area contributed by atoms with Crippen molar-refractivity contribution in [2.45, 2.75) is 58.5 Å². The third-order valence-electron chi connectivity index (χ3n) is 6.64. The number of nitrogens with zero attached hydrogens (tertiary/aromatic N) is 2. The Balaban J connectivity index is 1.36. The highest BCUT2D eigenvalue weighted by molar-refractivity contribution is 8.35. The number of aryl methyl sites for hydroxylation is 1. The van der Waals surface area contributed by atoms with E-state index >= 15 is 0 Å². The van der Waals surface area contributed by atoms with Crippen LogP contribution in [0.2, 0.25) is 0 Å². The molecule has 9 nitrogen and oxygen atoms in total. The molecular formula is C19H26N2O7PS-. The molecule has 0 radical (unpaired) electrons. The fourth-order valence-corrected chi connectivity index (χ4v) is 5.82. The molecule has 30 heavy (non-hydrogen) atoms. The minimum Gasteiger partial charge on any atom is -0.858 e. The van der Waals surface area contributed by atoms with E-state index in [4.69, 9.17) is 26.0 Å².